The first kappa shape index (κ1) is 11.4. The van der Waals surface area contributed by atoms with Gasteiger partial charge in [0.25, 0.3) is 0 Å². The van der Waals surface area contributed by atoms with E-state index in [1.807, 2.05) is 0 Å². The second-order valence-corrected chi connectivity index (χ2v) is 5.47. The van der Waals surface area contributed by atoms with Gasteiger partial charge in [0.15, 0.2) is 0 Å². The molecule has 88 valence electrons. The van der Waals surface area contributed by atoms with Crippen molar-refractivity contribution < 1.29 is 4.74 Å². The van der Waals surface area contributed by atoms with Crippen LogP contribution in [0.5, 0.6) is 0 Å². The molecule has 2 heterocycles. The lowest BCUT2D eigenvalue weighted by atomic mass is 9.76. The SMILES string of the molecule is CC(N)CN1CCCC2(CCCOC2)C1. The molecule has 2 aliphatic rings. The maximum Gasteiger partial charge on any atom is 0.0534 e. The van der Waals surface area contributed by atoms with Gasteiger partial charge >= 0.3 is 0 Å². The molecule has 0 aromatic carbocycles. The number of rotatable bonds is 2. The number of hydrogen-bond acceptors (Lipinski definition) is 3. The van der Waals surface area contributed by atoms with Gasteiger partial charge in [-0.25, -0.2) is 0 Å². The Kier molecular flexibility index (Phi) is 3.65. The quantitative estimate of drug-likeness (QED) is 0.748. The van der Waals surface area contributed by atoms with Gasteiger partial charge < -0.3 is 15.4 Å². The second kappa shape index (κ2) is 4.81. The van der Waals surface area contributed by atoms with Crippen molar-refractivity contribution in [1.29, 1.82) is 0 Å². The molecule has 15 heavy (non-hydrogen) atoms. The molecule has 2 aliphatic heterocycles. The zero-order valence-corrected chi connectivity index (χ0v) is 9.87. The maximum absolute atomic E-state index is 5.87. The molecule has 2 fully saturated rings. The van der Waals surface area contributed by atoms with E-state index in [9.17, 15) is 0 Å². The second-order valence-electron chi connectivity index (χ2n) is 5.47. The zero-order valence-electron chi connectivity index (χ0n) is 9.87. The van der Waals surface area contributed by atoms with Crippen LogP contribution in [0.4, 0.5) is 0 Å². The predicted octanol–water partition coefficient (Wildman–Crippen LogP) is 1.23. The first-order chi connectivity index (χ1) is 7.20. The summed E-state index contributed by atoms with van der Waals surface area (Å²) >= 11 is 0. The largest absolute Gasteiger partial charge is 0.381 e. The van der Waals surface area contributed by atoms with Crippen LogP contribution in [-0.4, -0.2) is 43.8 Å². The molecule has 0 radical (unpaired) electrons. The zero-order chi connectivity index (χ0) is 10.7. The van der Waals surface area contributed by atoms with E-state index < -0.39 is 0 Å². The number of likely N-dealkylation sites (tertiary alicyclic amines) is 1. The third-order valence-electron chi connectivity index (χ3n) is 3.69. The Morgan fingerprint density at radius 2 is 2.20 bits per heavy atom. The van der Waals surface area contributed by atoms with E-state index in [4.69, 9.17) is 10.5 Å². The Hall–Kier alpha value is -0.120. The lowest BCUT2D eigenvalue weighted by molar-refractivity contribution is -0.0494. The van der Waals surface area contributed by atoms with Gasteiger partial charge in [0.05, 0.1) is 6.61 Å². The van der Waals surface area contributed by atoms with Crippen LogP contribution < -0.4 is 5.73 Å². The van der Waals surface area contributed by atoms with Crippen LogP contribution >= 0.6 is 0 Å². The third-order valence-corrected chi connectivity index (χ3v) is 3.69. The fraction of sp³-hybridized carbons (Fsp3) is 1.00. The van der Waals surface area contributed by atoms with Crippen LogP contribution in [-0.2, 0) is 4.74 Å². The summed E-state index contributed by atoms with van der Waals surface area (Å²) in [5, 5.41) is 0. The molecule has 2 atom stereocenters. The summed E-state index contributed by atoms with van der Waals surface area (Å²) in [6.45, 7) is 7.51. The van der Waals surface area contributed by atoms with Gasteiger partial charge in [-0.15, -0.1) is 0 Å². The van der Waals surface area contributed by atoms with Gasteiger partial charge in [-0.2, -0.15) is 0 Å². The molecule has 0 bridgehead atoms. The molecule has 0 saturated carbocycles. The molecule has 1 spiro atoms. The smallest absolute Gasteiger partial charge is 0.0534 e. The first-order valence-corrected chi connectivity index (χ1v) is 6.26. The Morgan fingerprint density at radius 1 is 1.40 bits per heavy atom. The van der Waals surface area contributed by atoms with Crippen molar-refractivity contribution in [3.8, 4) is 0 Å². The van der Waals surface area contributed by atoms with Crippen molar-refractivity contribution in [2.75, 3.05) is 32.8 Å². The van der Waals surface area contributed by atoms with Crippen molar-refractivity contribution in [3.05, 3.63) is 0 Å². The van der Waals surface area contributed by atoms with E-state index in [-0.39, 0.29) is 0 Å². The highest BCUT2D eigenvalue weighted by Crippen LogP contribution is 2.37. The van der Waals surface area contributed by atoms with E-state index in [1.54, 1.807) is 0 Å². The van der Waals surface area contributed by atoms with Gasteiger partial charge in [0, 0.05) is 31.2 Å². The number of ether oxygens (including phenoxy) is 1. The fourth-order valence-electron chi connectivity index (χ4n) is 3.11. The van der Waals surface area contributed by atoms with Crippen LogP contribution in [0.3, 0.4) is 0 Å². The summed E-state index contributed by atoms with van der Waals surface area (Å²) in [6.07, 6.45) is 5.26. The minimum absolute atomic E-state index is 0.296. The minimum Gasteiger partial charge on any atom is -0.381 e. The molecular weight excluding hydrogens is 188 g/mol. The molecule has 2 N–H and O–H groups in total. The monoisotopic (exact) mass is 212 g/mol. The van der Waals surface area contributed by atoms with Gasteiger partial charge in [-0.05, 0) is 39.2 Å². The number of nitrogens with zero attached hydrogens (tertiary/aromatic N) is 1. The van der Waals surface area contributed by atoms with Gasteiger partial charge in [0.2, 0.25) is 0 Å². The highest BCUT2D eigenvalue weighted by Gasteiger charge is 2.37. The average molecular weight is 212 g/mol. The Bertz CT molecular complexity index is 194. The summed E-state index contributed by atoms with van der Waals surface area (Å²) in [5.41, 5.74) is 6.33. The van der Waals surface area contributed by atoms with Crippen molar-refractivity contribution in [1.82, 2.24) is 4.90 Å². The Balaban J connectivity index is 1.90. The average Bonchev–Trinajstić information content (AvgIpc) is 2.17. The van der Waals surface area contributed by atoms with E-state index >= 15 is 0 Å². The summed E-state index contributed by atoms with van der Waals surface area (Å²) in [7, 11) is 0. The Morgan fingerprint density at radius 3 is 2.87 bits per heavy atom. The highest BCUT2D eigenvalue weighted by molar-refractivity contribution is 4.89. The lowest BCUT2D eigenvalue weighted by Crippen LogP contribution is -2.50. The Labute approximate surface area is 93.0 Å². The van der Waals surface area contributed by atoms with Crippen LogP contribution in [0.15, 0.2) is 0 Å². The molecule has 2 unspecified atom stereocenters. The molecule has 3 nitrogen and oxygen atoms in total. The van der Waals surface area contributed by atoms with E-state index in [2.05, 4.69) is 11.8 Å². The lowest BCUT2D eigenvalue weighted by Gasteiger charge is -2.45. The third kappa shape index (κ3) is 2.92. The van der Waals surface area contributed by atoms with E-state index in [1.165, 1.54) is 38.8 Å². The minimum atomic E-state index is 0.296. The van der Waals surface area contributed by atoms with Crippen molar-refractivity contribution in [2.24, 2.45) is 11.1 Å². The van der Waals surface area contributed by atoms with Gasteiger partial charge in [-0.3, -0.25) is 0 Å². The first-order valence-electron chi connectivity index (χ1n) is 6.26. The standard InChI is InChI=1S/C12H24N2O/c1-11(13)8-14-6-2-4-12(9-14)5-3-7-15-10-12/h11H,2-10,13H2,1H3. The number of hydrogen-bond donors (Lipinski definition) is 1. The van der Waals surface area contributed by atoms with Crippen molar-refractivity contribution >= 4 is 0 Å². The van der Waals surface area contributed by atoms with Crippen LogP contribution in [0.2, 0.25) is 0 Å². The molecule has 0 aromatic heterocycles. The topological polar surface area (TPSA) is 38.5 Å². The molecule has 2 rings (SSSR count). The maximum atomic E-state index is 5.87. The molecule has 0 amide bonds. The van der Waals surface area contributed by atoms with Crippen LogP contribution in [0, 0.1) is 5.41 Å². The molecule has 0 aromatic rings. The van der Waals surface area contributed by atoms with Gasteiger partial charge in [0.1, 0.15) is 0 Å². The summed E-state index contributed by atoms with van der Waals surface area (Å²) in [4.78, 5) is 2.53. The molecule has 3 heteroatoms. The van der Waals surface area contributed by atoms with Gasteiger partial charge in [-0.1, -0.05) is 0 Å². The molecule has 0 aliphatic carbocycles. The number of piperidine rings is 1. The predicted molar refractivity (Wildman–Crippen MR) is 61.8 cm³/mol. The van der Waals surface area contributed by atoms with Crippen molar-refractivity contribution in [2.45, 2.75) is 38.6 Å². The molecular formula is C12H24N2O. The summed E-state index contributed by atoms with van der Waals surface area (Å²) in [6, 6.07) is 0.296. The highest BCUT2D eigenvalue weighted by atomic mass is 16.5. The van der Waals surface area contributed by atoms with E-state index in [0.717, 1.165) is 19.8 Å². The summed E-state index contributed by atoms with van der Waals surface area (Å²) < 4.78 is 5.66. The van der Waals surface area contributed by atoms with Crippen LogP contribution in [0.1, 0.15) is 32.6 Å². The molecule has 2 saturated heterocycles. The van der Waals surface area contributed by atoms with Crippen molar-refractivity contribution in [3.63, 3.8) is 0 Å². The summed E-state index contributed by atoms with van der Waals surface area (Å²) in [5.74, 6) is 0. The number of nitrogens with two attached hydrogens (primary N) is 1. The fourth-order valence-corrected chi connectivity index (χ4v) is 3.11. The normalized spacial score (nSPS) is 35.6. The van der Waals surface area contributed by atoms with Crippen LogP contribution in [0.25, 0.3) is 0 Å². The van der Waals surface area contributed by atoms with E-state index in [0.29, 0.717) is 11.5 Å².